The van der Waals surface area contributed by atoms with Gasteiger partial charge in [0.15, 0.2) is 0 Å². The lowest BCUT2D eigenvalue weighted by molar-refractivity contribution is -0.0712. The summed E-state index contributed by atoms with van der Waals surface area (Å²) in [5.74, 6) is 0.0724. The highest BCUT2D eigenvalue weighted by atomic mass is 19.1. The SMILES string of the molecule is CCCc1c(Cc2ccc(-c3ccccc3C#N)cc2F)c(=O)n(C2CCC(O[C@@H]3COC[C@@H]3O)CC2)c2ncnn12. The van der Waals surface area contributed by atoms with Gasteiger partial charge in [-0.25, -0.2) is 8.91 Å². The summed E-state index contributed by atoms with van der Waals surface area (Å²) in [4.78, 5) is 18.7. The molecule has 2 fully saturated rings. The topological polar surface area (TPSA) is 115 Å². The first-order valence-electron chi connectivity index (χ1n) is 14.6. The summed E-state index contributed by atoms with van der Waals surface area (Å²) in [5.41, 5.74) is 3.26. The van der Waals surface area contributed by atoms with Gasteiger partial charge in [-0.15, -0.1) is 0 Å². The Morgan fingerprint density at radius 3 is 2.69 bits per heavy atom. The molecule has 1 saturated carbocycles. The van der Waals surface area contributed by atoms with Crippen molar-refractivity contribution in [3.63, 3.8) is 0 Å². The lowest BCUT2D eigenvalue weighted by Gasteiger charge is -2.32. The van der Waals surface area contributed by atoms with Gasteiger partial charge < -0.3 is 14.6 Å². The molecule has 0 radical (unpaired) electrons. The first-order chi connectivity index (χ1) is 20.5. The van der Waals surface area contributed by atoms with Gasteiger partial charge in [0, 0.05) is 18.0 Å². The van der Waals surface area contributed by atoms with E-state index in [0.717, 1.165) is 25.0 Å². The lowest BCUT2D eigenvalue weighted by Crippen LogP contribution is -2.37. The quantitative estimate of drug-likeness (QED) is 0.334. The van der Waals surface area contributed by atoms with Crippen LogP contribution in [-0.2, 0) is 22.3 Å². The van der Waals surface area contributed by atoms with Gasteiger partial charge in [-0.2, -0.15) is 15.3 Å². The smallest absolute Gasteiger partial charge is 0.259 e. The molecule has 2 aliphatic rings. The minimum absolute atomic E-state index is 0.00944. The van der Waals surface area contributed by atoms with Crippen LogP contribution in [0.2, 0.25) is 0 Å². The third kappa shape index (κ3) is 5.36. The molecule has 2 atom stereocenters. The zero-order chi connectivity index (χ0) is 29.2. The molecule has 9 nitrogen and oxygen atoms in total. The number of halogens is 1. The van der Waals surface area contributed by atoms with E-state index in [1.165, 1.54) is 12.4 Å². The molecule has 3 heterocycles. The van der Waals surface area contributed by atoms with E-state index < -0.39 is 11.9 Å². The van der Waals surface area contributed by atoms with Crippen molar-refractivity contribution in [3.8, 4) is 17.2 Å². The molecule has 0 spiro atoms. The molecule has 0 unspecified atom stereocenters. The van der Waals surface area contributed by atoms with Crippen molar-refractivity contribution in [3.05, 3.63) is 87.3 Å². The summed E-state index contributed by atoms with van der Waals surface area (Å²) in [6, 6.07) is 14.1. The standard InChI is InChI=1S/C32H34FN5O4/c1-2-5-28-26(14-21-9-8-20(15-27(21)33)25-7-4-3-6-22(25)16-34)31(40)37(32-35-19-36-38(28)32)23-10-12-24(13-11-23)42-30-18-41-17-29(30)39/h3-4,6-9,15,19,23-24,29-30,39H,2,5,10-14,17-18H2,1H3/t23?,24?,29-,30+/m0/s1. The van der Waals surface area contributed by atoms with Crippen LogP contribution in [0, 0.1) is 17.1 Å². The van der Waals surface area contributed by atoms with E-state index in [9.17, 15) is 15.2 Å². The molecular formula is C32H34FN5O4. The second-order valence-electron chi connectivity index (χ2n) is 11.2. The first-order valence-corrected chi connectivity index (χ1v) is 14.6. The van der Waals surface area contributed by atoms with E-state index in [2.05, 4.69) is 16.2 Å². The van der Waals surface area contributed by atoms with Gasteiger partial charge >= 0.3 is 0 Å². The average Bonchev–Trinajstić information content (AvgIpc) is 3.65. The van der Waals surface area contributed by atoms with Crippen LogP contribution in [0.3, 0.4) is 0 Å². The predicted octanol–water partition coefficient (Wildman–Crippen LogP) is 4.37. The van der Waals surface area contributed by atoms with E-state index >= 15 is 4.39 Å². The van der Waals surface area contributed by atoms with Crippen LogP contribution >= 0.6 is 0 Å². The van der Waals surface area contributed by atoms with Gasteiger partial charge in [0.25, 0.3) is 5.56 Å². The zero-order valence-electron chi connectivity index (χ0n) is 23.6. The largest absolute Gasteiger partial charge is 0.388 e. The fourth-order valence-corrected chi connectivity index (χ4v) is 6.30. The Kier molecular flexibility index (Phi) is 8.16. The molecule has 2 aromatic carbocycles. The molecule has 42 heavy (non-hydrogen) atoms. The van der Waals surface area contributed by atoms with E-state index in [1.807, 2.05) is 13.0 Å². The van der Waals surface area contributed by atoms with Crippen molar-refractivity contribution in [2.45, 2.75) is 76.2 Å². The number of hydrogen-bond donors (Lipinski definition) is 1. The minimum Gasteiger partial charge on any atom is -0.388 e. The fraction of sp³-hybridized carbons (Fsp3) is 0.438. The number of rotatable bonds is 8. The van der Waals surface area contributed by atoms with Gasteiger partial charge in [-0.1, -0.05) is 43.7 Å². The second kappa shape index (κ2) is 12.1. The number of nitrogens with zero attached hydrogens (tertiary/aromatic N) is 5. The molecule has 218 valence electrons. The van der Waals surface area contributed by atoms with Crippen molar-refractivity contribution in [2.75, 3.05) is 13.2 Å². The van der Waals surface area contributed by atoms with Gasteiger partial charge in [-0.3, -0.25) is 9.36 Å². The summed E-state index contributed by atoms with van der Waals surface area (Å²) in [6.45, 7) is 2.73. The average molecular weight is 572 g/mol. The molecule has 4 aromatic rings. The van der Waals surface area contributed by atoms with Crippen molar-refractivity contribution in [1.29, 1.82) is 5.26 Å². The Bertz CT molecular complexity index is 1680. The molecule has 6 rings (SSSR count). The summed E-state index contributed by atoms with van der Waals surface area (Å²) in [6.07, 6.45) is 4.96. The molecule has 1 aliphatic heterocycles. The number of aryl methyl sites for hydroxylation is 1. The Balaban J connectivity index is 1.32. The number of hydrogen-bond acceptors (Lipinski definition) is 7. The molecule has 1 saturated heterocycles. The summed E-state index contributed by atoms with van der Waals surface area (Å²) in [7, 11) is 0. The van der Waals surface area contributed by atoms with Crippen molar-refractivity contribution in [2.24, 2.45) is 0 Å². The van der Waals surface area contributed by atoms with Crippen molar-refractivity contribution < 1.29 is 19.0 Å². The second-order valence-corrected chi connectivity index (χ2v) is 11.2. The molecule has 1 aliphatic carbocycles. The minimum atomic E-state index is -0.606. The number of benzene rings is 2. The summed E-state index contributed by atoms with van der Waals surface area (Å²) in [5, 5.41) is 24.0. The fourth-order valence-electron chi connectivity index (χ4n) is 6.30. The third-order valence-electron chi connectivity index (χ3n) is 8.47. The van der Waals surface area contributed by atoms with Crippen molar-refractivity contribution in [1.82, 2.24) is 19.2 Å². The van der Waals surface area contributed by atoms with Gasteiger partial charge in [0.05, 0.1) is 36.6 Å². The van der Waals surface area contributed by atoms with E-state index in [-0.39, 0.29) is 30.2 Å². The van der Waals surface area contributed by atoms with E-state index in [0.29, 0.717) is 66.1 Å². The van der Waals surface area contributed by atoms with Crippen LogP contribution < -0.4 is 5.56 Å². The Morgan fingerprint density at radius 1 is 1.17 bits per heavy atom. The zero-order valence-corrected chi connectivity index (χ0v) is 23.6. The van der Waals surface area contributed by atoms with Gasteiger partial charge in [0.1, 0.15) is 24.4 Å². The van der Waals surface area contributed by atoms with Crippen LogP contribution in [0.1, 0.15) is 67.5 Å². The summed E-state index contributed by atoms with van der Waals surface area (Å²) >= 11 is 0. The van der Waals surface area contributed by atoms with E-state index in [1.54, 1.807) is 39.4 Å². The van der Waals surface area contributed by atoms with Crippen LogP contribution in [0.15, 0.2) is 53.6 Å². The highest BCUT2D eigenvalue weighted by molar-refractivity contribution is 5.70. The number of aromatic nitrogens is 4. The third-order valence-corrected chi connectivity index (χ3v) is 8.47. The molecular weight excluding hydrogens is 537 g/mol. The number of fused-ring (bicyclic) bond motifs is 1. The Hall–Kier alpha value is -3.91. The first kappa shape index (κ1) is 28.2. The van der Waals surface area contributed by atoms with Crippen LogP contribution in [0.5, 0.6) is 0 Å². The molecule has 10 heteroatoms. The Labute approximate surface area is 243 Å². The molecule has 2 aromatic heterocycles. The maximum atomic E-state index is 15.6. The highest BCUT2D eigenvalue weighted by Gasteiger charge is 2.33. The van der Waals surface area contributed by atoms with Gasteiger partial charge in [-0.05, 0) is 60.9 Å². The maximum Gasteiger partial charge on any atom is 0.259 e. The Morgan fingerprint density at radius 2 is 1.98 bits per heavy atom. The number of aliphatic hydroxyl groups is 1. The monoisotopic (exact) mass is 571 g/mol. The number of ether oxygens (including phenoxy) is 2. The van der Waals surface area contributed by atoms with Crippen molar-refractivity contribution >= 4 is 5.78 Å². The molecule has 0 bridgehead atoms. The molecule has 1 N–H and O–H groups in total. The maximum absolute atomic E-state index is 15.6. The van der Waals surface area contributed by atoms with Crippen LogP contribution in [0.25, 0.3) is 16.9 Å². The predicted molar refractivity (Wildman–Crippen MR) is 154 cm³/mol. The normalized spacial score (nSPS) is 22.4. The highest BCUT2D eigenvalue weighted by Crippen LogP contribution is 2.32. The molecule has 0 amide bonds. The van der Waals surface area contributed by atoms with E-state index in [4.69, 9.17) is 9.47 Å². The van der Waals surface area contributed by atoms with Crippen LogP contribution in [-0.4, -0.2) is 55.8 Å². The number of nitriles is 1. The van der Waals surface area contributed by atoms with Crippen LogP contribution in [0.4, 0.5) is 4.39 Å². The summed E-state index contributed by atoms with van der Waals surface area (Å²) < 4.78 is 30.5. The van der Waals surface area contributed by atoms with Gasteiger partial charge in [0.2, 0.25) is 5.78 Å². The lowest BCUT2D eigenvalue weighted by atomic mass is 9.92. The number of aliphatic hydroxyl groups excluding tert-OH is 1.